The summed E-state index contributed by atoms with van der Waals surface area (Å²) in [5, 5.41) is 5.30. The summed E-state index contributed by atoms with van der Waals surface area (Å²) in [7, 11) is 5.05. The van der Waals surface area contributed by atoms with E-state index >= 15 is 0 Å². The maximum Gasteiger partial charge on any atom is 0.329 e. The van der Waals surface area contributed by atoms with Crippen LogP contribution in [-0.2, 0) is 28.7 Å². The molecule has 180 valence electrons. The molecule has 0 aliphatic rings. The summed E-state index contributed by atoms with van der Waals surface area (Å²) in [6.45, 7) is 9.70. The Hall–Kier alpha value is -1.46. The van der Waals surface area contributed by atoms with Gasteiger partial charge >= 0.3 is 11.9 Å². The van der Waals surface area contributed by atoms with Crippen molar-refractivity contribution in [2.75, 3.05) is 25.7 Å². The van der Waals surface area contributed by atoms with Gasteiger partial charge in [-0.3, -0.25) is 9.59 Å². The molecule has 0 aliphatic carbocycles. The van der Waals surface area contributed by atoms with Crippen molar-refractivity contribution in [3.8, 4) is 0 Å². The van der Waals surface area contributed by atoms with Crippen molar-refractivity contribution in [1.29, 1.82) is 0 Å². The minimum atomic E-state index is -0.875. The van der Waals surface area contributed by atoms with Crippen LogP contribution in [0.1, 0.15) is 47.5 Å². The number of methoxy groups -OCH3 is 2. The van der Waals surface area contributed by atoms with E-state index in [9.17, 15) is 19.2 Å². The summed E-state index contributed by atoms with van der Waals surface area (Å²) in [4.78, 5) is 48.4. The molecule has 0 saturated carbocycles. The summed E-state index contributed by atoms with van der Waals surface area (Å²) in [5.41, 5.74) is 5.66. The van der Waals surface area contributed by atoms with Crippen LogP contribution in [0, 0.1) is 11.3 Å². The summed E-state index contributed by atoms with van der Waals surface area (Å²) in [5.74, 6) is -1.10. The number of hydrogen-bond acceptors (Lipinski definition) is 9. The molecule has 2 amide bonds. The fraction of sp³-hybridized carbons (Fsp3) is 0.800. The van der Waals surface area contributed by atoms with E-state index in [1.54, 1.807) is 0 Å². The molecule has 0 bridgehead atoms. The Morgan fingerprint density at radius 3 is 1.74 bits per heavy atom. The zero-order chi connectivity index (χ0) is 24.2. The standard InChI is InChI=1S/C20H37N3O6S2/c1-12(2)8-13(21)17(25)23-15(19(27)29-7)11-31-30-10-14(18(26)28-6)22-16(24)9-20(3,4)5/h12-15H,8-11,21H2,1-7H3,(H,22,24)(H,23,25). The first-order valence-electron chi connectivity index (χ1n) is 10.1. The molecule has 0 aromatic rings. The van der Waals surface area contributed by atoms with Gasteiger partial charge in [0.2, 0.25) is 11.8 Å². The molecule has 31 heavy (non-hydrogen) atoms. The molecule has 0 rings (SSSR count). The molecular formula is C20H37N3O6S2. The number of amides is 2. The van der Waals surface area contributed by atoms with Crippen molar-refractivity contribution in [1.82, 2.24) is 10.6 Å². The minimum Gasteiger partial charge on any atom is -0.467 e. The lowest BCUT2D eigenvalue weighted by Crippen LogP contribution is -2.50. The molecule has 4 N–H and O–H groups in total. The summed E-state index contributed by atoms with van der Waals surface area (Å²) in [6, 6.07) is -2.41. The summed E-state index contributed by atoms with van der Waals surface area (Å²) >= 11 is 0. The van der Waals surface area contributed by atoms with Gasteiger partial charge in [0.05, 0.1) is 20.3 Å². The van der Waals surface area contributed by atoms with Crippen LogP contribution in [0.3, 0.4) is 0 Å². The third-order valence-corrected chi connectivity index (χ3v) is 6.35. The first-order chi connectivity index (χ1) is 14.3. The second-order valence-electron chi connectivity index (χ2n) is 8.77. The molecule has 0 aromatic carbocycles. The Bertz CT molecular complexity index is 610. The van der Waals surface area contributed by atoms with Gasteiger partial charge in [-0.15, -0.1) is 0 Å². The molecule has 0 radical (unpaired) electrons. The minimum absolute atomic E-state index is 0.210. The van der Waals surface area contributed by atoms with Crippen LogP contribution in [0.2, 0.25) is 0 Å². The Balaban J connectivity index is 4.78. The quantitative estimate of drug-likeness (QED) is 0.204. The molecule has 0 fully saturated rings. The molecule has 0 aliphatic heterocycles. The number of esters is 2. The average molecular weight is 480 g/mol. The van der Waals surface area contributed by atoms with Gasteiger partial charge < -0.3 is 25.8 Å². The van der Waals surface area contributed by atoms with Gasteiger partial charge in [0.1, 0.15) is 12.1 Å². The van der Waals surface area contributed by atoms with E-state index in [0.717, 1.165) is 0 Å². The highest BCUT2D eigenvalue weighted by Gasteiger charge is 2.27. The Kier molecular flexibility index (Phi) is 13.9. The SMILES string of the molecule is COC(=O)C(CSSCC(NC(=O)C(N)CC(C)C)C(=O)OC)NC(=O)CC(C)(C)C. The average Bonchev–Trinajstić information content (AvgIpc) is 2.65. The van der Waals surface area contributed by atoms with Crippen molar-refractivity contribution in [3.63, 3.8) is 0 Å². The molecule has 3 unspecified atom stereocenters. The maximum atomic E-state index is 12.2. The first-order valence-corrected chi connectivity index (χ1v) is 12.5. The molecule has 0 aromatic heterocycles. The number of rotatable bonds is 13. The van der Waals surface area contributed by atoms with E-state index in [-0.39, 0.29) is 35.2 Å². The van der Waals surface area contributed by atoms with E-state index in [1.165, 1.54) is 35.8 Å². The zero-order valence-electron chi connectivity index (χ0n) is 19.5. The molecule has 0 heterocycles. The highest BCUT2D eigenvalue weighted by Crippen LogP contribution is 2.24. The number of hydrogen-bond donors (Lipinski definition) is 3. The van der Waals surface area contributed by atoms with E-state index in [4.69, 9.17) is 15.2 Å². The van der Waals surface area contributed by atoms with Crippen LogP contribution in [0.5, 0.6) is 0 Å². The van der Waals surface area contributed by atoms with Crippen LogP contribution >= 0.6 is 21.6 Å². The van der Waals surface area contributed by atoms with Gasteiger partial charge in [-0.05, 0) is 17.8 Å². The molecule has 3 atom stereocenters. The predicted octanol–water partition coefficient (Wildman–Crippen LogP) is 1.49. The van der Waals surface area contributed by atoms with Crippen LogP contribution in [0.15, 0.2) is 0 Å². The second-order valence-corrected chi connectivity index (χ2v) is 11.3. The largest absolute Gasteiger partial charge is 0.467 e. The number of nitrogens with one attached hydrogen (secondary N) is 2. The highest BCUT2D eigenvalue weighted by molar-refractivity contribution is 8.76. The Labute approximate surface area is 193 Å². The molecule has 11 heteroatoms. The summed E-state index contributed by atoms with van der Waals surface area (Å²) < 4.78 is 9.53. The number of carbonyl (C=O) groups is 4. The van der Waals surface area contributed by atoms with Crippen molar-refractivity contribution in [2.24, 2.45) is 17.1 Å². The maximum absolute atomic E-state index is 12.2. The topological polar surface area (TPSA) is 137 Å². The van der Waals surface area contributed by atoms with Gasteiger partial charge in [0.15, 0.2) is 0 Å². The van der Waals surface area contributed by atoms with Gasteiger partial charge in [-0.1, -0.05) is 56.2 Å². The van der Waals surface area contributed by atoms with Crippen LogP contribution in [0.25, 0.3) is 0 Å². The lowest BCUT2D eigenvalue weighted by atomic mass is 9.92. The normalized spacial score (nSPS) is 14.4. The van der Waals surface area contributed by atoms with E-state index < -0.39 is 36.0 Å². The smallest absolute Gasteiger partial charge is 0.329 e. The van der Waals surface area contributed by atoms with Gasteiger partial charge in [-0.25, -0.2) is 9.59 Å². The van der Waals surface area contributed by atoms with Crippen molar-refractivity contribution >= 4 is 45.3 Å². The fourth-order valence-corrected chi connectivity index (χ4v) is 4.77. The molecule has 9 nitrogen and oxygen atoms in total. The Morgan fingerprint density at radius 1 is 0.903 bits per heavy atom. The molecule has 0 saturated heterocycles. The molecule has 0 spiro atoms. The number of ether oxygens (including phenoxy) is 2. The van der Waals surface area contributed by atoms with E-state index in [0.29, 0.717) is 6.42 Å². The highest BCUT2D eigenvalue weighted by atomic mass is 33.1. The summed E-state index contributed by atoms with van der Waals surface area (Å²) in [6.07, 6.45) is 0.766. The van der Waals surface area contributed by atoms with E-state index in [1.807, 2.05) is 34.6 Å². The first kappa shape index (κ1) is 29.5. The Morgan fingerprint density at radius 2 is 1.35 bits per heavy atom. The lowest BCUT2D eigenvalue weighted by molar-refractivity contribution is -0.144. The van der Waals surface area contributed by atoms with Crippen molar-refractivity contribution in [2.45, 2.75) is 65.6 Å². The second kappa shape index (κ2) is 14.6. The van der Waals surface area contributed by atoms with E-state index in [2.05, 4.69) is 10.6 Å². The van der Waals surface area contributed by atoms with Crippen LogP contribution in [0.4, 0.5) is 0 Å². The third kappa shape index (κ3) is 13.5. The van der Waals surface area contributed by atoms with Gasteiger partial charge in [-0.2, -0.15) is 0 Å². The monoisotopic (exact) mass is 479 g/mol. The molecular weight excluding hydrogens is 442 g/mol. The van der Waals surface area contributed by atoms with Gasteiger partial charge in [0, 0.05) is 17.9 Å². The fourth-order valence-electron chi connectivity index (χ4n) is 2.47. The number of nitrogens with two attached hydrogens (primary N) is 1. The van der Waals surface area contributed by atoms with Crippen LogP contribution in [-0.4, -0.2) is 67.6 Å². The lowest BCUT2D eigenvalue weighted by Gasteiger charge is -2.21. The van der Waals surface area contributed by atoms with Crippen molar-refractivity contribution < 1.29 is 28.7 Å². The van der Waals surface area contributed by atoms with Crippen LogP contribution < -0.4 is 16.4 Å². The number of carbonyl (C=O) groups excluding carboxylic acids is 4. The predicted molar refractivity (Wildman–Crippen MR) is 124 cm³/mol. The van der Waals surface area contributed by atoms with Gasteiger partial charge in [0.25, 0.3) is 0 Å². The zero-order valence-corrected chi connectivity index (χ0v) is 21.1. The third-order valence-electron chi connectivity index (χ3n) is 3.93. The van der Waals surface area contributed by atoms with Crippen molar-refractivity contribution in [3.05, 3.63) is 0 Å².